The molecule has 0 N–H and O–H groups in total. The third kappa shape index (κ3) is 2.29. The minimum Gasteiger partial charge on any atom is -0.292 e. The van der Waals surface area contributed by atoms with E-state index in [4.69, 9.17) is 11.6 Å². The quantitative estimate of drug-likeness (QED) is 0.754. The van der Waals surface area contributed by atoms with E-state index >= 15 is 0 Å². The number of Topliss-reactive ketones (excluding diaryl/α,β-unsaturated/α-hetero) is 1. The Morgan fingerprint density at radius 1 is 1.56 bits per heavy atom. The summed E-state index contributed by atoms with van der Waals surface area (Å²) in [7, 11) is 0. The lowest BCUT2D eigenvalue weighted by molar-refractivity contribution is 0.0819. The Balaban J connectivity index is 3.22. The topological polar surface area (TPSA) is 34.9 Å². The van der Waals surface area contributed by atoms with Gasteiger partial charge in [-0.15, -0.1) is 0 Å². The summed E-state index contributed by atoms with van der Waals surface area (Å²) in [5, 5.41) is 4.59. The van der Waals surface area contributed by atoms with E-state index < -0.39 is 5.41 Å². The number of nitrogens with zero attached hydrogens (tertiary/aromatic N) is 2. The predicted octanol–water partition coefficient (Wildman–Crippen LogP) is 3.74. The number of hydrogen-bond donors (Lipinski definition) is 0. The molecular weight excluding hydrogens is 224 g/mol. The van der Waals surface area contributed by atoms with Crippen molar-refractivity contribution in [1.29, 1.82) is 0 Å². The Kier molecular flexibility index (Phi) is 3.79. The summed E-state index contributed by atoms with van der Waals surface area (Å²) in [5.74, 6) is 0.0613. The standard InChI is InChI=1S/C12H19ClN2O/c1-6-12(4,5)11(16)10-9(13)7-14-15(10)8(2)3/h7-8H,6H2,1-5H3. The Labute approximate surface area is 102 Å². The van der Waals surface area contributed by atoms with E-state index in [1.54, 1.807) is 10.9 Å². The van der Waals surface area contributed by atoms with E-state index in [-0.39, 0.29) is 11.8 Å². The number of carbonyl (C=O) groups is 1. The van der Waals surface area contributed by atoms with Crippen LogP contribution in [0.3, 0.4) is 0 Å². The molecule has 0 aromatic carbocycles. The fraction of sp³-hybridized carbons (Fsp3) is 0.667. The molecule has 1 heterocycles. The molecule has 4 heteroatoms. The van der Waals surface area contributed by atoms with Gasteiger partial charge in [0.2, 0.25) is 0 Å². The van der Waals surface area contributed by atoms with Gasteiger partial charge in [0, 0.05) is 11.5 Å². The van der Waals surface area contributed by atoms with Gasteiger partial charge in [-0.3, -0.25) is 9.48 Å². The Hall–Kier alpha value is -0.830. The molecule has 0 unspecified atom stereocenters. The second-order valence-electron chi connectivity index (χ2n) is 4.95. The smallest absolute Gasteiger partial charge is 0.187 e. The number of ketones is 1. The van der Waals surface area contributed by atoms with Gasteiger partial charge in [0.1, 0.15) is 5.69 Å². The molecule has 0 saturated heterocycles. The SMILES string of the molecule is CCC(C)(C)C(=O)c1c(Cl)cnn1C(C)C. The second kappa shape index (κ2) is 4.58. The molecule has 90 valence electrons. The van der Waals surface area contributed by atoms with Crippen molar-refractivity contribution in [3.8, 4) is 0 Å². The number of halogens is 1. The minimum absolute atomic E-state index is 0.0613. The van der Waals surface area contributed by atoms with Crippen LogP contribution in [0.4, 0.5) is 0 Å². The van der Waals surface area contributed by atoms with Gasteiger partial charge in [-0.2, -0.15) is 5.10 Å². The monoisotopic (exact) mass is 242 g/mol. The van der Waals surface area contributed by atoms with Gasteiger partial charge in [-0.05, 0) is 20.3 Å². The summed E-state index contributed by atoms with van der Waals surface area (Å²) >= 11 is 6.04. The van der Waals surface area contributed by atoms with Crippen LogP contribution in [-0.2, 0) is 0 Å². The van der Waals surface area contributed by atoms with Gasteiger partial charge in [-0.1, -0.05) is 32.4 Å². The highest BCUT2D eigenvalue weighted by atomic mass is 35.5. The van der Waals surface area contributed by atoms with Crippen molar-refractivity contribution in [2.24, 2.45) is 5.41 Å². The zero-order valence-electron chi connectivity index (χ0n) is 10.5. The molecule has 0 atom stereocenters. The summed E-state index contributed by atoms with van der Waals surface area (Å²) in [4.78, 5) is 12.4. The van der Waals surface area contributed by atoms with Crippen molar-refractivity contribution in [3.63, 3.8) is 0 Å². The number of rotatable bonds is 4. The molecule has 0 aliphatic carbocycles. The molecule has 3 nitrogen and oxygen atoms in total. The average Bonchev–Trinajstić information content (AvgIpc) is 2.59. The summed E-state index contributed by atoms with van der Waals surface area (Å²) in [6.07, 6.45) is 2.33. The van der Waals surface area contributed by atoms with Crippen molar-refractivity contribution < 1.29 is 4.79 Å². The first-order valence-corrected chi connectivity index (χ1v) is 5.97. The minimum atomic E-state index is -0.393. The fourth-order valence-electron chi connectivity index (χ4n) is 1.43. The van der Waals surface area contributed by atoms with Crippen LogP contribution in [0, 0.1) is 5.41 Å². The van der Waals surface area contributed by atoms with Crippen LogP contribution in [0.5, 0.6) is 0 Å². The van der Waals surface area contributed by atoms with Crippen molar-refractivity contribution in [2.45, 2.75) is 47.1 Å². The van der Waals surface area contributed by atoms with E-state index in [2.05, 4.69) is 5.10 Å². The molecule has 0 spiro atoms. The number of hydrogen-bond acceptors (Lipinski definition) is 2. The molecule has 1 aromatic heterocycles. The molecule has 0 aliphatic rings. The lowest BCUT2D eigenvalue weighted by Gasteiger charge is -2.22. The third-order valence-corrected chi connectivity index (χ3v) is 3.23. The van der Waals surface area contributed by atoms with E-state index in [1.165, 1.54) is 0 Å². The first-order chi connectivity index (χ1) is 7.31. The lowest BCUT2D eigenvalue weighted by atomic mass is 9.83. The van der Waals surface area contributed by atoms with E-state index in [1.807, 2.05) is 34.6 Å². The van der Waals surface area contributed by atoms with Crippen molar-refractivity contribution in [1.82, 2.24) is 9.78 Å². The molecule has 0 saturated carbocycles. The Morgan fingerprint density at radius 3 is 2.56 bits per heavy atom. The van der Waals surface area contributed by atoms with E-state index in [9.17, 15) is 4.79 Å². The second-order valence-corrected chi connectivity index (χ2v) is 5.35. The summed E-state index contributed by atoms with van der Waals surface area (Å²) < 4.78 is 1.70. The summed E-state index contributed by atoms with van der Waals surface area (Å²) in [5.41, 5.74) is 0.138. The molecule has 16 heavy (non-hydrogen) atoms. The highest BCUT2D eigenvalue weighted by Gasteiger charge is 2.31. The fourth-order valence-corrected chi connectivity index (χ4v) is 1.64. The maximum absolute atomic E-state index is 12.4. The highest BCUT2D eigenvalue weighted by molar-refractivity contribution is 6.33. The van der Waals surface area contributed by atoms with Crippen LogP contribution in [0.15, 0.2) is 6.20 Å². The molecule has 1 rings (SSSR count). The van der Waals surface area contributed by atoms with Crippen molar-refractivity contribution in [3.05, 3.63) is 16.9 Å². The van der Waals surface area contributed by atoms with Gasteiger partial charge in [0.25, 0.3) is 0 Å². The average molecular weight is 243 g/mol. The first-order valence-electron chi connectivity index (χ1n) is 5.59. The van der Waals surface area contributed by atoms with E-state index in [0.29, 0.717) is 10.7 Å². The zero-order chi connectivity index (χ0) is 12.5. The molecule has 0 aliphatic heterocycles. The molecule has 0 radical (unpaired) electrons. The van der Waals surface area contributed by atoms with Gasteiger partial charge in [0.05, 0.1) is 11.2 Å². The third-order valence-electron chi connectivity index (χ3n) is 2.95. The summed E-state index contributed by atoms with van der Waals surface area (Å²) in [6.45, 7) is 9.84. The van der Waals surface area contributed by atoms with Gasteiger partial charge in [-0.25, -0.2) is 0 Å². The number of carbonyl (C=O) groups excluding carboxylic acids is 1. The molecule has 0 fully saturated rings. The Bertz CT molecular complexity index is 394. The van der Waals surface area contributed by atoms with Crippen LogP contribution in [0.2, 0.25) is 5.02 Å². The largest absolute Gasteiger partial charge is 0.292 e. The van der Waals surface area contributed by atoms with Crippen LogP contribution < -0.4 is 0 Å². The molecular formula is C12H19ClN2O. The Morgan fingerprint density at radius 2 is 2.12 bits per heavy atom. The van der Waals surface area contributed by atoms with Crippen molar-refractivity contribution in [2.75, 3.05) is 0 Å². The predicted molar refractivity (Wildman–Crippen MR) is 66.0 cm³/mol. The lowest BCUT2D eigenvalue weighted by Crippen LogP contribution is -2.27. The number of aromatic nitrogens is 2. The van der Waals surface area contributed by atoms with Gasteiger partial charge in [0.15, 0.2) is 5.78 Å². The maximum Gasteiger partial charge on any atom is 0.187 e. The van der Waals surface area contributed by atoms with Crippen LogP contribution in [0.25, 0.3) is 0 Å². The van der Waals surface area contributed by atoms with E-state index in [0.717, 1.165) is 6.42 Å². The van der Waals surface area contributed by atoms with Gasteiger partial charge < -0.3 is 0 Å². The maximum atomic E-state index is 12.4. The van der Waals surface area contributed by atoms with Crippen LogP contribution in [0.1, 0.15) is 57.6 Å². The van der Waals surface area contributed by atoms with Crippen LogP contribution >= 0.6 is 11.6 Å². The summed E-state index contributed by atoms with van der Waals surface area (Å²) in [6, 6.07) is 0.138. The normalized spacial score (nSPS) is 12.2. The molecule has 1 aromatic rings. The zero-order valence-corrected chi connectivity index (χ0v) is 11.3. The van der Waals surface area contributed by atoms with Gasteiger partial charge >= 0.3 is 0 Å². The first kappa shape index (κ1) is 13.2. The van der Waals surface area contributed by atoms with Crippen LogP contribution in [-0.4, -0.2) is 15.6 Å². The van der Waals surface area contributed by atoms with Crippen molar-refractivity contribution >= 4 is 17.4 Å². The molecule has 0 bridgehead atoms. The highest BCUT2D eigenvalue weighted by Crippen LogP contribution is 2.30. The molecule has 0 amide bonds.